The Morgan fingerprint density at radius 2 is 0.855 bits per heavy atom. The van der Waals surface area contributed by atoms with Crippen molar-refractivity contribution in [2.45, 2.75) is 77.3 Å². The molecule has 1 aromatic rings. The van der Waals surface area contributed by atoms with Crippen molar-refractivity contribution in [1.82, 2.24) is 10.6 Å². The molecule has 0 bridgehead atoms. The van der Waals surface area contributed by atoms with Gasteiger partial charge >= 0.3 is 48.4 Å². The van der Waals surface area contributed by atoms with Gasteiger partial charge in [-0.05, 0) is 58.7 Å². The highest BCUT2D eigenvalue weighted by atomic mass is 19.4. The fraction of sp³-hybridized carbons (Fsp3) is 0.500. The van der Waals surface area contributed by atoms with Crippen molar-refractivity contribution in [2.24, 2.45) is 0 Å². The van der Waals surface area contributed by atoms with Gasteiger partial charge in [0.25, 0.3) is 0 Å². The predicted octanol–water partition coefficient (Wildman–Crippen LogP) is 5.94. The lowest BCUT2D eigenvalue weighted by molar-refractivity contribution is -0.285. The van der Waals surface area contributed by atoms with Gasteiger partial charge in [-0.3, -0.25) is 0 Å². The smallest absolute Gasteiger partial charge is 0.421 e. The van der Waals surface area contributed by atoms with Gasteiger partial charge < -0.3 is 48.5 Å². The molecule has 0 fully saturated rings. The molecule has 0 saturated carbocycles. The maximum Gasteiger partial charge on any atom is 0.421 e. The summed E-state index contributed by atoms with van der Waals surface area (Å²) in [7, 11) is 0. The number of nitrogens with one attached hydrogen (secondary N) is 2. The van der Waals surface area contributed by atoms with Crippen molar-refractivity contribution >= 4 is 36.1 Å². The van der Waals surface area contributed by atoms with Crippen LogP contribution in [0.15, 0.2) is 72.9 Å². The molecule has 1 rings (SSSR count). The Labute approximate surface area is 353 Å². The molecule has 0 heterocycles. The average molecular weight is 897 g/mol. The highest BCUT2D eigenvalue weighted by molar-refractivity contribution is 5.88. The van der Waals surface area contributed by atoms with E-state index < -0.39 is 109 Å². The number of alkyl halides is 6. The second-order valence-electron chi connectivity index (χ2n) is 13.8. The largest absolute Gasteiger partial charge is 0.460 e. The molecule has 4 unspecified atom stereocenters. The number of amides is 2. The number of hydrogen-bond donors (Lipinski definition) is 2. The van der Waals surface area contributed by atoms with Crippen LogP contribution in [0.2, 0.25) is 0 Å². The topological polar surface area (TPSA) is 200 Å². The SMILES string of the molecule is C=C(C)C(=O)OCCNC(=O)OC(COC(=O)C(=C)C)COC(C)(c1cccc(C(C)(OCC(COC(=O)C(=C)C)OC(=O)NCCOC(=O)C(=C)C)C(F)(F)F)c1)C(F)(F)F. The maximum absolute atomic E-state index is 14.9. The van der Waals surface area contributed by atoms with E-state index in [0.717, 1.165) is 18.2 Å². The van der Waals surface area contributed by atoms with E-state index in [0.29, 0.717) is 19.9 Å². The summed E-state index contributed by atoms with van der Waals surface area (Å²) < 4.78 is 130. The summed E-state index contributed by atoms with van der Waals surface area (Å²) in [4.78, 5) is 72.2. The summed E-state index contributed by atoms with van der Waals surface area (Å²) in [6.07, 6.45) is -16.7. The number of hydrogen-bond acceptors (Lipinski definition) is 14. The van der Waals surface area contributed by atoms with Gasteiger partial charge in [0.2, 0.25) is 0 Å². The van der Waals surface area contributed by atoms with Gasteiger partial charge in [-0.1, -0.05) is 44.5 Å². The molecule has 0 spiro atoms. The van der Waals surface area contributed by atoms with Gasteiger partial charge in [0.15, 0.2) is 23.4 Å². The number of ether oxygens (including phenoxy) is 8. The molecule has 0 aliphatic rings. The van der Waals surface area contributed by atoms with Crippen molar-refractivity contribution in [2.75, 3.05) is 52.7 Å². The van der Waals surface area contributed by atoms with E-state index in [1.165, 1.54) is 27.7 Å². The van der Waals surface area contributed by atoms with Crippen LogP contribution in [0, 0.1) is 0 Å². The van der Waals surface area contributed by atoms with Crippen LogP contribution in [0.3, 0.4) is 0 Å². The van der Waals surface area contributed by atoms with Crippen LogP contribution in [0.1, 0.15) is 52.7 Å². The first-order chi connectivity index (χ1) is 28.5. The highest BCUT2D eigenvalue weighted by Gasteiger charge is 2.57. The molecule has 2 N–H and O–H groups in total. The van der Waals surface area contributed by atoms with E-state index in [1.54, 1.807) is 0 Å². The van der Waals surface area contributed by atoms with Crippen molar-refractivity contribution in [3.63, 3.8) is 0 Å². The van der Waals surface area contributed by atoms with E-state index in [9.17, 15) is 55.1 Å². The Balaban J connectivity index is 3.45. The highest BCUT2D eigenvalue weighted by Crippen LogP contribution is 2.46. The van der Waals surface area contributed by atoms with Gasteiger partial charge in [0.05, 0.1) is 26.3 Å². The molecule has 0 radical (unpaired) electrons. The van der Waals surface area contributed by atoms with Gasteiger partial charge in [-0.25, -0.2) is 28.8 Å². The number of halogens is 6. The minimum absolute atomic E-state index is 0.0656. The van der Waals surface area contributed by atoms with Crippen LogP contribution < -0.4 is 10.6 Å². The molecular formula is C40H50F6N2O14. The minimum atomic E-state index is -5.36. The van der Waals surface area contributed by atoms with Crippen LogP contribution in [0.25, 0.3) is 0 Å². The fourth-order valence-electron chi connectivity index (χ4n) is 4.33. The molecule has 0 aromatic heterocycles. The van der Waals surface area contributed by atoms with Gasteiger partial charge in [-0.15, -0.1) is 0 Å². The standard InChI is InChI=1S/C40H50F6N2O14/c1-23(2)31(49)55-16-14-47-35(53)61-29(19-57-33(51)25(5)6)21-59-37(9,39(41,42)43)27-12-11-13-28(18-27)38(10,40(44,45)46)60-22-30(20-58-34(52)26(7)8)62-36(54)48-15-17-56-32(50)24(3)4/h11-13,18,29-30H,1,3,5,7,14-17,19-22H2,2,4,6,8-10H3,(H,47,53)(H,48,54). The first kappa shape index (κ1) is 54.1. The zero-order valence-corrected chi connectivity index (χ0v) is 34.9. The summed E-state index contributed by atoms with van der Waals surface area (Å²) in [5, 5.41) is 4.36. The molecular weight excluding hydrogens is 846 g/mol. The molecule has 1 aromatic carbocycles. The van der Waals surface area contributed by atoms with Crippen LogP contribution in [0.4, 0.5) is 35.9 Å². The van der Waals surface area contributed by atoms with Crippen LogP contribution in [-0.4, -0.2) is 113 Å². The van der Waals surface area contributed by atoms with Crippen molar-refractivity contribution in [3.05, 3.63) is 84.0 Å². The first-order valence-electron chi connectivity index (χ1n) is 18.3. The number of carbonyl (C=O) groups excluding carboxylic acids is 6. The molecule has 2 amide bonds. The lowest BCUT2D eigenvalue weighted by Crippen LogP contribution is -2.47. The number of carbonyl (C=O) groups is 6. The molecule has 16 nitrogen and oxygen atoms in total. The Bertz CT molecular complexity index is 1710. The lowest BCUT2D eigenvalue weighted by atomic mass is 9.88. The van der Waals surface area contributed by atoms with E-state index in [4.69, 9.17) is 37.9 Å². The molecule has 0 aliphatic heterocycles. The van der Waals surface area contributed by atoms with Gasteiger partial charge in [0.1, 0.15) is 26.4 Å². The van der Waals surface area contributed by atoms with Crippen LogP contribution in [0.5, 0.6) is 0 Å². The van der Waals surface area contributed by atoms with Crippen molar-refractivity contribution < 1.29 is 93.0 Å². The Morgan fingerprint density at radius 1 is 0.548 bits per heavy atom. The second kappa shape index (κ2) is 23.9. The van der Waals surface area contributed by atoms with Gasteiger partial charge in [0, 0.05) is 22.3 Å². The molecule has 0 saturated heterocycles. The summed E-state index contributed by atoms with van der Waals surface area (Å²) in [5.41, 5.74) is -8.74. The summed E-state index contributed by atoms with van der Waals surface area (Å²) in [6, 6.07) is 2.99. The third-order valence-corrected chi connectivity index (χ3v) is 8.11. The van der Waals surface area contributed by atoms with E-state index >= 15 is 0 Å². The number of rotatable bonds is 24. The molecule has 22 heteroatoms. The zero-order chi connectivity index (χ0) is 47.6. The van der Waals surface area contributed by atoms with Crippen molar-refractivity contribution in [3.8, 4) is 0 Å². The lowest BCUT2D eigenvalue weighted by Gasteiger charge is -2.37. The maximum atomic E-state index is 14.9. The second-order valence-corrected chi connectivity index (χ2v) is 13.8. The predicted molar refractivity (Wildman–Crippen MR) is 205 cm³/mol. The third-order valence-electron chi connectivity index (χ3n) is 8.11. The molecule has 4 atom stereocenters. The Hall–Kier alpha value is -5.90. The number of benzene rings is 1. The van der Waals surface area contributed by atoms with E-state index in [-0.39, 0.29) is 48.6 Å². The normalized spacial score (nSPS) is 14.3. The minimum Gasteiger partial charge on any atom is -0.460 e. The van der Waals surface area contributed by atoms with Gasteiger partial charge in [-0.2, -0.15) is 26.3 Å². The zero-order valence-electron chi connectivity index (χ0n) is 34.9. The Kier molecular flexibility index (Phi) is 20.9. The first-order valence-corrected chi connectivity index (χ1v) is 18.3. The quantitative estimate of drug-likeness (QED) is 0.0406. The number of alkyl carbamates (subject to hydrolysis) is 2. The van der Waals surface area contributed by atoms with Crippen LogP contribution >= 0.6 is 0 Å². The monoisotopic (exact) mass is 896 g/mol. The summed E-state index contributed by atoms with van der Waals surface area (Å²) in [5.74, 6) is -3.55. The summed E-state index contributed by atoms with van der Waals surface area (Å²) >= 11 is 0. The molecule has 346 valence electrons. The molecule has 62 heavy (non-hydrogen) atoms. The van der Waals surface area contributed by atoms with E-state index in [1.807, 2.05) is 0 Å². The van der Waals surface area contributed by atoms with Crippen molar-refractivity contribution in [1.29, 1.82) is 0 Å². The van der Waals surface area contributed by atoms with Crippen LogP contribution in [-0.2, 0) is 68.3 Å². The Morgan fingerprint density at radius 3 is 1.15 bits per heavy atom. The number of esters is 4. The van der Waals surface area contributed by atoms with E-state index in [2.05, 4.69) is 36.9 Å². The third kappa shape index (κ3) is 17.2. The summed E-state index contributed by atoms with van der Waals surface area (Å²) in [6.45, 7) is 14.4. The average Bonchev–Trinajstić information content (AvgIpc) is 3.18. The fourth-order valence-corrected chi connectivity index (χ4v) is 4.33. The molecule has 0 aliphatic carbocycles.